The number of hydrogen-bond donors (Lipinski definition) is 0. The van der Waals surface area contributed by atoms with Crippen molar-refractivity contribution in [3.63, 3.8) is 0 Å². The fourth-order valence-corrected chi connectivity index (χ4v) is 2.70. The smallest absolute Gasteiger partial charge is 0.406 e. The van der Waals surface area contributed by atoms with E-state index in [1.807, 2.05) is 0 Å². The molecule has 0 N–H and O–H groups in total. The zero-order valence-electron chi connectivity index (χ0n) is 12.3. The first kappa shape index (κ1) is 15.9. The van der Waals surface area contributed by atoms with Crippen molar-refractivity contribution in [1.29, 1.82) is 0 Å². The molecule has 0 aromatic heterocycles. The highest BCUT2D eigenvalue weighted by Gasteiger charge is 2.31. The van der Waals surface area contributed by atoms with Gasteiger partial charge in [0.15, 0.2) is 0 Å². The highest BCUT2D eigenvalue weighted by molar-refractivity contribution is 5.42. The minimum absolute atomic E-state index is 0.124. The van der Waals surface area contributed by atoms with Crippen LogP contribution < -0.4 is 4.74 Å². The lowest BCUT2D eigenvalue weighted by molar-refractivity contribution is -0.274. The second-order valence-corrected chi connectivity index (χ2v) is 5.53. The van der Waals surface area contributed by atoms with E-state index in [0.717, 1.165) is 24.0 Å². The van der Waals surface area contributed by atoms with Gasteiger partial charge in [-0.1, -0.05) is 43.9 Å². The Morgan fingerprint density at radius 1 is 1.10 bits per heavy atom. The number of rotatable bonds is 6. The molecule has 0 unspecified atom stereocenters. The Labute approximate surface area is 123 Å². The van der Waals surface area contributed by atoms with Gasteiger partial charge < -0.3 is 4.74 Å². The average molecular weight is 298 g/mol. The summed E-state index contributed by atoms with van der Waals surface area (Å²) in [6.07, 6.45) is 5.13. The van der Waals surface area contributed by atoms with Crippen LogP contribution in [-0.4, -0.2) is 6.36 Å². The van der Waals surface area contributed by atoms with Gasteiger partial charge >= 0.3 is 6.36 Å². The lowest BCUT2D eigenvalue weighted by Gasteiger charge is -2.18. The molecule has 1 aromatic carbocycles. The lowest BCUT2D eigenvalue weighted by Crippen LogP contribution is -2.17. The second kappa shape index (κ2) is 7.01. The zero-order valence-corrected chi connectivity index (χ0v) is 12.3. The predicted molar refractivity (Wildman–Crippen MR) is 77.4 cm³/mol. The Hall–Kier alpha value is -1.45. The van der Waals surface area contributed by atoms with Crippen LogP contribution in [0.25, 0.3) is 0 Å². The van der Waals surface area contributed by atoms with Crippen LogP contribution in [0.5, 0.6) is 5.75 Å². The molecule has 0 saturated carbocycles. The number of halogens is 3. The third-order valence-corrected chi connectivity index (χ3v) is 3.79. The van der Waals surface area contributed by atoms with Crippen LogP contribution in [0, 0.1) is 0 Å². The molecule has 0 fully saturated rings. The molecule has 2 rings (SSSR count). The first-order valence-electron chi connectivity index (χ1n) is 7.53. The van der Waals surface area contributed by atoms with Gasteiger partial charge in [0.05, 0.1) is 0 Å². The van der Waals surface area contributed by atoms with Crippen molar-refractivity contribution in [3.8, 4) is 5.75 Å². The van der Waals surface area contributed by atoms with Crippen LogP contribution in [0.3, 0.4) is 0 Å². The van der Waals surface area contributed by atoms with Crippen molar-refractivity contribution in [1.82, 2.24) is 0 Å². The summed E-state index contributed by atoms with van der Waals surface area (Å²) in [6, 6.07) is 4.68. The van der Waals surface area contributed by atoms with E-state index in [1.54, 1.807) is 6.07 Å². The number of ether oxygens (including phenoxy) is 1. The summed E-state index contributed by atoms with van der Waals surface area (Å²) in [5.41, 5.74) is 3.47. The van der Waals surface area contributed by atoms with Gasteiger partial charge in [-0.3, -0.25) is 0 Å². The summed E-state index contributed by atoms with van der Waals surface area (Å²) in [4.78, 5) is 0. The molecule has 0 aliphatic heterocycles. The minimum atomic E-state index is -4.62. The SMILES string of the molecule is CCCCCCC1=CCc2cc(OC(F)(F)F)ccc2C1. The molecule has 0 atom stereocenters. The Balaban J connectivity index is 1.94. The van der Waals surface area contributed by atoms with Crippen LogP contribution in [0.2, 0.25) is 0 Å². The fourth-order valence-electron chi connectivity index (χ4n) is 2.70. The van der Waals surface area contributed by atoms with E-state index in [0.29, 0.717) is 6.42 Å². The van der Waals surface area contributed by atoms with Gasteiger partial charge in [0.25, 0.3) is 0 Å². The molecule has 116 valence electrons. The van der Waals surface area contributed by atoms with Gasteiger partial charge in [0.2, 0.25) is 0 Å². The van der Waals surface area contributed by atoms with Gasteiger partial charge in [0, 0.05) is 0 Å². The van der Waals surface area contributed by atoms with Crippen molar-refractivity contribution < 1.29 is 17.9 Å². The summed E-state index contributed by atoms with van der Waals surface area (Å²) in [7, 11) is 0. The maximum Gasteiger partial charge on any atom is 0.573 e. The number of hydrogen-bond acceptors (Lipinski definition) is 1. The molecule has 0 spiro atoms. The highest BCUT2D eigenvalue weighted by Crippen LogP contribution is 2.30. The summed E-state index contributed by atoms with van der Waals surface area (Å²) in [5, 5.41) is 0. The molecule has 4 heteroatoms. The largest absolute Gasteiger partial charge is 0.573 e. The minimum Gasteiger partial charge on any atom is -0.406 e. The van der Waals surface area contributed by atoms with Crippen molar-refractivity contribution in [2.45, 2.75) is 58.2 Å². The third-order valence-electron chi connectivity index (χ3n) is 3.79. The molecule has 0 saturated heterocycles. The molecule has 0 bridgehead atoms. The monoisotopic (exact) mass is 298 g/mol. The number of fused-ring (bicyclic) bond motifs is 1. The summed E-state index contributed by atoms with van der Waals surface area (Å²) in [5.74, 6) is -0.124. The van der Waals surface area contributed by atoms with Crippen LogP contribution in [0.1, 0.15) is 50.2 Å². The Morgan fingerprint density at radius 3 is 2.62 bits per heavy atom. The van der Waals surface area contributed by atoms with Crippen molar-refractivity contribution >= 4 is 0 Å². The molecule has 21 heavy (non-hydrogen) atoms. The van der Waals surface area contributed by atoms with E-state index in [1.165, 1.54) is 43.4 Å². The topological polar surface area (TPSA) is 9.23 Å². The van der Waals surface area contributed by atoms with Gasteiger partial charge in [0.1, 0.15) is 5.75 Å². The van der Waals surface area contributed by atoms with E-state index >= 15 is 0 Å². The van der Waals surface area contributed by atoms with E-state index in [-0.39, 0.29) is 5.75 Å². The molecule has 1 nitrogen and oxygen atoms in total. The van der Waals surface area contributed by atoms with Crippen molar-refractivity contribution in [2.75, 3.05) is 0 Å². The Morgan fingerprint density at radius 2 is 1.90 bits per heavy atom. The van der Waals surface area contributed by atoms with Crippen molar-refractivity contribution in [3.05, 3.63) is 41.0 Å². The number of allylic oxidation sites excluding steroid dienone is 2. The predicted octanol–water partition coefficient (Wildman–Crippen LogP) is 5.58. The molecule has 0 radical (unpaired) electrons. The van der Waals surface area contributed by atoms with E-state index < -0.39 is 6.36 Å². The van der Waals surface area contributed by atoms with E-state index in [9.17, 15) is 13.2 Å². The summed E-state index contributed by atoms with van der Waals surface area (Å²) < 4.78 is 40.6. The van der Waals surface area contributed by atoms with Gasteiger partial charge in [-0.15, -0.1) is 13.2 Å². The van der Waals surface area contributed by atoms with Gasteiger partial charge in [-0.05, 0) is 48.9 Å². The average Bonchev–Trinajstić information content (AvgIpc) is 2.42. The molecule has 0 heterocycles. The second-order valence-electron chi connectivity index (χ2n) is 5.53. The highest BCUT2D eigenvalue weighted by atomic mass is 19.4. The summed E-state index contributed by atoms with van der Waals surface area (Å²) >= 11 is 0. The third kappa shape index (κ3) is 5.10. The maximum atomic E-state index is 12.2. The van der Waals surface area contributed by atoms with Crippen LogP contribution in [0.15, 0.2) is 29.8 Å². The molecule has 1 aliphatic carbocycles. The van der Waals surface area contributed by atoms with E-state index in [4.69, 9.17) is 0 Å². The van der Waals surface area contributed by atoms with Crippen LogP contribution >= 0.6 is 0 Å². The van der Waals surface area contributed by atoms with Crippen LogP contribution in [0.4, 0.5) is 13.2 Å². The Bertz CT molecular complexity index is 503. The molecule has 1 aliphatic rings. The maximum absolute atomic E-state index is 12.2. The number of unbranched alkanes of at least 4 members (excludes halogenated alkanes) is 3. The fraction of sp³-hybridized carbons (Fsp3) is 0.529. The molecular weight excluding hydrogens is 277 g/mol. The van der Waals surface area contributed by atoms with E-state index in [2.05, 4.69) is 17.7 Å². The first-order chi connectivity index (χ1) is 9.98. The lowest BCUT2D eigenvalue weighted by atomic mass is 9.89. The van der Waals surface area contributed by atoms with Gasteiger partial charge in [-0.2, -0.15) is 0 Å². The van der Waals surface area contributed by atoms with Gasteiger partial charge in [-0.25, -0.2) is 0 Å². The molecular formula is C17H21F3O. The molecule has 0 amide bonds. The normalized spacial score (nSPS) is 14.6. The summed E-state index contributed by atoms with van der Waals surface area (Å²) in [6.45, 7) is 2.19. The van der Waals surface area contributed by atoms with Crippen LogP contribution in [-0.2, 0) is 12.8 Å². The first-order valence-corrected chi connectivity index (χ1v) is 7.53. The van der Waals surface area contributed by atoms with Crippen molar-refractivity contribution in [2.24, 2.45) is 0 Å². The standard InChI is InChI=1S/C17H21F3O/c1-2-3-4-5-6-13-7-8-15-12-16(21-17(18,19)20)10-9-14(15)11-13/h7,9-10,12H,2-6,8,11H2,1H3. The quantitative estimate of drug-likeness (QED) is 0.492. The molecule has 1 aromatic rings. The number of benzene rings is 1. The Kier molecular flexibility index (Phi) is 5.32. The zero-order chi connectivity index (χ0) is 15.3. The number of alkyl halides is 3.